The van der Waals surface area contributed by atoms with Crippen LogP contribution < -0.4 is 36.0 Å². The molecule has 3 amide bonds. The molecule has 60 heavy (non-hydrogen) atoms. The van der Waals surface area contributed by atoms with Crippen molar-refractivity contribution >= 4 is 74.4 Å². The van der Waals surface area contributed by atoms with Gasteiger partial charge in [-0.15, -0.1) is 0 Å². The van der Waals surface area contributed by atoms with Crippen LogP contribution in [0.25, 0.3) is 21.9 Å². The number of hydrogen-bond donors (Lipinski definition) is 3. The maximum Gasteiger partial charge on any atom is 0.294 e. The van der Waals surface area contributed by atoms with Gasteiger partial charge in [-0.3, -0.25) is 38.6 Å². The number of imide groups is 1. The number of aryl methyl sites for hydroxylation is 1. The number of nitrogens with zero attached hydrogens (tertiary/aromatic N) is 9. The van der Waals surface area contributed by atoms with E-state index >= 15 is 0 Å². The van der Waals surface area contributed by atoms with E-state index in [9.17, 15) is 19.2 Å². The summed E-state index contributed by atoms with van der Waals surface area (Å²) in [6, 6.07) is 9.75. The topological polar surface area (TPSA) is 185 Å². The van der Waals surface area contributed by atoms with Gasteiger partial charge in [-0.25, -0.2) is 9.97 Å². The van der Waals surface area contributed by atoms with Crippen LogP contribution in [0.1, 0.15) is 64.1 Å². The number of carbonyl (C=O) groups excluding carboxylic acids is 3. The zero-order chi connectivity index (χ0) is 42.2. The molecule has 0 radical (unpaired) electrons. The summed E-state index contributed by atoms with van der Waals surface area (Å²) in [5, 5.41) is 15.0. The molecule has 17 nitrogen and oxygen atoms in total. The molecule has 0 aliphatic carbocycles. The molecule has 1 aromatic carbocycles. The lowest BCUT2D eigenvalue weighted by Gasteiger charge is -2.43. The third-order valence-electron chi connectivity index (χ3n) is 11.9. The lowest BCUT2D eigenvalue weighted by Crippen LogP contribution is -2.54. The van der Waals surface area contributed by atoms with Crippen LogP contribution >= 0.6 is 11.6 Å². The predicted molar refractivity (Wildman–Crippen MR) is 230 cm³/mol. The number of hydrogen-bond acceptors (Lipinski definition) is 13. The first-order valence-electron chi connectivity index (χ1n) is 20.6. The molecule has 3 N–H and O–H groups in total. The fourth-order valence-electron chi connectivity index (χ4n) is 8.75. The smallest absolute Gasteiger partial charge is 0.294 e. The van der Waals surface area contributed by atoms with E-state index < -0.39 is 5.92 Å². The van der Waals surface area contributed by atoms with Gasteiger partial charge in [0, 0.05) is 82.6 Å². The van der Waals surface area contributed by atoms with Gasteiger partial charge in [0.1, 0.15) is 10.7 Å². The molecule has 3 aliphatic heterocycles. The van der Waals surface area contributed by atoms with E-state index in [1.165, 1.54) is 7.05 Å². The number of piperazine rings is 1. The van der Waals surface area contributed by atoms with E-state index in [-0.39, 0.29) is 47.7 Å². The van der Waals surface area contributed by atoms with Gasteiger partial charge in [0.25, 0.3) is 11.5 Å². The van der Waals surface area contributed by atoms with Crippen LogP contribution in [0.5, 0.6) is 5.75 Å². The van der Waals surface area contributed by atoms with Crippen LogP contribution in [0.3, 0.4) is 0 Å². The number of benzene rings is 1. The third-order valence-corrected chi connectivity index (χ3v) is 12.2. The zero-order valence-corrected chi connectivity index (χ0v) is 35.3. The number of amides is 3. The number of likely N-dealkylation sites (N-methyl/N-ethyl adjacent to an activating group) is 1. The fraction of sp³-hybridized carbons (Fsp3) is 0.476. The number of halogens is 1. The Hall–Kier alpha value is -5.81. The minimum atomic E-state index is -0.430. The maximum atomic E-state index is 13.2. The van der Waals surface area contributed by atoms with Crippen molar-refractivity contribution in [1.29, 1.82) is 0 Å². The summed E-state index contributed by atoms with van der Waals surface area (Å²) in [4.78, 5) is 70.8. The number of para-hydroxylation sites is 1. The van der Waals surface area contributed by atoms with Crippen molar-refractivity contribution in [3.8, 4) is 5.75 Å². The monoisotopic (exact) mass is 838 g/mol. The van der Waals surface area contributed by atoms with Gasteiger partial charge in [0.15, 0.2) is 18.2 Å². The summed E-state index contributed by atoms with van der Waals surface area (Å²) < 4.78 is 9.03. The van der Waals surface area contributed by atoms with Crippen LogP contribution in [0.4, 0.5) is 23.1 Å². The van der Waals surface area contributed by atoms with Crippen molar-refractivity contribution in [3.05, 3.63) is 63.8 Å². The fourth-order valence-corrected chi connectivity index (χ4v) is 8.89. The van der Waals surface area contributed by atoms with Crippen molar-refractivity contribution in [1.82, 2.24) is 44.8 Å². The van der Waals surface area contributed by atoms with Crippen LogP contribution in [-0.4, -0.2) is 111 Å². The lowest BCUT2D eigenvalue weighted by atomic mass is 9.92. The van der Waals surface area contributed by atoms with Crippen molar-refractivity contribution in [2.75, 3.05) is 68.0 Å². The maximum absolute atomic E-state index is 13.2. The van der Waals surface area contributed by atoms with Crippen molar-refractivity contribution in [2.45, 2.75) is 64.5 Å². The number of ether oxygens (including phenoxy) is 1. The molecule has 1 unspecified atom stereocenters. The highest BCUT2D eigenvalue weighted by molar-refractivity contribution is 6.33. The molecule has 3 fully saturated rings. The summed E-state index contributed by atoms with van der Waals surface area (Å²) >= 11 is 6.62. The van der Waals surface area contributed by atoms with Gasteiger partial charge in [0.2, 0.25) is 17.8 Å². The van der Waals surface area contributed by atoms with E-state index in [0.717, 1.165) is 74.4 Å². The quantitative estimate of drug-likeness (QED) is 0.162. The Balaban J connectivity index is 0.895. The highest BCUT2D eigenvalue weighted by atomic mass is 35.5. The number of nitrogens with one attached hydrogen (secondary N) is 3. The molecular formula is C42H51ClN12O5. The van der Waals surface area contributed by atoms with E-state index in [1.807, 2.05) is 43.8 Å². The Morgan fingerprint density at radius 3 is 2.57 bits per heavy atom. The van der Waals surface area contributed by atoms with Gasteiger partial charge in [0.05, 0.1) is 40.9 Å². The Kier molecular flexibility index (Phi) is 11.6. The molecule has 0 bridgehead atoms. The summed E-state index contributed by atoms with van der Waals surface area (Å²) in [5.74, 6) is 0.372. The average Bonchev–Trinajstić information content (AvgIpc) is 3.57. The Labute approximate surface area is 352 Å². The predicted octanol–water partition coefficient (Wildman–Crippen LogP) is 4.12. The van der Waals surface area contributed by atoms with Crippen LogP contribution in [0.15, 0.2) is 47.5 Å². The lowest BCUT2D eigenvalue weighted by molar-refractivity contribution is -0.134. The first-order chi connectivity index (χ1) is 28.9. The Morgan fingerprint density at radius 1 is 1.03 bits per heavy atom. The Morgan fingerprint density at radius 2 is 1.83 bits per heavy atom. The van der Waals surface area contributed by atoms with Gasteiger partial charge >= 0.3 is 0 Å². The second-order valence-electron chi connectivity index (χ2n) is 16.3. The average molecular weight is 839 g/mol. The van der Waals surface area contributed by atoms with Crippen LogP contribution in [0.2, 0.25) is 5.02 Å². The molecule has 18 heteroatoms. The molecule has 0 spiro atoms. The molecule has 3 aliphatic rings. The van der Waals surface area contributed by atoms with Crippen LogP contribution in [0, 0.1) is 5.92 Å². The first-order valence-corrected chi connectivity index (χ1v) is 21.0. The number of rotatable bonds is 11. The van der Waals surface area contributed by atoms with Crippen LogP contribution in [-0.2, 0) is 21.4 Å². The summed E-state index contributed by atoms with van der Waals surface area (Å²) in [5.41, 5.74) is 3.63. The molecule has 7 heterocycles. The summed E-state index contributed by atoms with van der Waals surface area (Å²) in [6.45, 7) is 11.0. The van der Waals surface area contributed by atoms with Gasteiger partial charge in [-0.2, -0.15) is 10.1 Å². The summed E-state index contributed by atoms with van der Waals surface area (Å²) in [6.07, 6.45) is 6.17. The molecular weight excluding hydrogens is 788 g/mol. The standard InChI is InChI=1S/C42H51ClN12O5/c1-24(2)55-39-27(18-33(41(55)59)60-23-35(57)44-4)17-28(19-45-39)47-38-31(43)20-46-42(49-38)54-16-15-53(25(3)21-54)22-26-11-13-52(14-12-26)32-8-6-7-29-36(50-51(5)37(29)32)30-9-10-34(56)48-40(30)58/h6-8,17-20,24-26,30H,9-16,21-23H2,1-5H3,(H,44,57)(H,46,47,49)(H,48,56,58)/t25-,30?/m0/s1. The first kappa shape index (κ1) is 40.9. The normalized spacial score (nSPS) is 19.3. The molecule has 316 valence electrons. The van der Waals surface area contributed by atoms with Gasteiger partial charge in [-0.1, -0.05) is 23.7 Å². The number of fused-ring (bicyclic) bond motifs is 2. The molecule has 4 aromatic heterocycles. The summed E-state index contributed by atoms with van der Waals surface area (Å²) in [7, 11) is 3.44. The highest BCUT2D eigenvalue weighted by Crippen LogP contribution is 2.36. The minimum Gasteiger partial charge on any atom is -0.478 e. The largest absolute Gasteiger partial charge is 0.478 e. The number of pyridine rings is 2. The van der Waals surface area contributed by atoms with E-state index in [0.29, 0.717) is 52.3 Å². The molecule has 3 saturated heterocycles. The van der Waals surface area contributed by atoms with Crippen molar-refractivity contribution in [3.63, 3.8) is 0 Å². The number of carbonyl (C=O) groups is 3. The van der Waals surface area contributed by atoms with Crippen molar-refractivity contribution < 1.29 is 19.1 Å². The van der Waals surface area contributed by atoms with Gasteiger partial charge in [-0.05, 0) is 64.2 Å². The van der Waals surface area contributed by atoms with E-state index in [4.69, 9.17) is 26.4 Å². The highest BCUT2D eigenvalue weighted by Gasteiger charge is 2.34. The second-order valence-corrected chi connectivity index (χ2v) is 16.7. The van der Waals surface area contributed by atoms with Crippen molar-refractivity contribution in [2.24, 2.45) is 13.0 Å². The molecule has 8 rings (SSSR count). The molecule has 0 saturated carbocycles. The SMILES string of the molecule is CNC(=O)COc1cc2cc(Nc3nc(N4CCN(CC5CCN(c6cccc7c(C8CCC(=O)NC8=O)nn(C)c67)CC5)[C@@H](C)C4)ncc3Cl)cnc2n(C(C)C)c1=O. The Bertz CT molecular complexity index is 2510. The van der Waals surface area contributed by atoms with E-state index in [1.54, 1.807) is 23.0 Å². The molecule has 5 aromatic rings. The zero-order valence-electron chi connectivity index (χ0n) is 34.6. The third kappa shape index (κ3) is 8.19. The van der Waals surface area contributed by atoms with E-state index in [2.05, 4.69) is 53.6 Å². The van der Waals surface area contributed by atoms with Gasteiger partial charge < -0.3 is 25.2 Å². The molecule has 2 atom stereocenters. The number of piperidine rings is 2. The number of aromatic nitrogens is 6. The number of anilines is 4. The second kappa shape index (κ2) is 17.0. The minimum absolute atomic E-state index is 0.0573.